The molecule has 174 valence electrons. The molecule has 0 aliphatic rings. The number of carbonyl (C=O) groups excluding carboxylic acids is 2. The van der Waals surface area contributed by atoms with Crippen molar-refractivity contribution in [1.29, 1.82) is 0 Å². The monoisotopic (exact) mass is 494 g/mol. The summed E-state index contributed by atoms with van der Waals surface area (Å²) < 4.78 is 7.03. The predicted molar refractivity (Wildman–Crippen MR) is 132 cm³/mol. The van der Waals surface area contributed by atoms with E-state index in [1.165, 1.54) is 23.1 Å². The number of rotatable bonds is 10. The van der Waals surface area contributed by atoms with Crippen molar-refractivity contribution in [3.63, 3.8) is 0 Å². The van der Waals surface area contributed by atoms with Crippen LogP contribution in [0.25, 0.3) is 5.69 Å². The van der Waals surface area contributed by atoms with E-state index in [2.05, 4.69) is 25.8 Å². The van der Waals surface area contributed by atoms with E-state index in [9.17, 15) is 9.59 Å². The summed E-state index contributed by atoms with van der Waals surface area (Å²) >= 11 is 2.65. The zero-order valence-electron chi connectivity index (χ0n) is 18.3. The molecule has 0 aliphatic heterocycles. The van der Waals surface area contributed by atoms with Gasteiger partial charge in [0.1, 0.15) is 11.6 Å². The molecule has 2 aromatic heterocycles. The quantitative estimate of drug-likeness (QED) is 0.325. The molecule has 0 radical (unpaired) electrons. The van der Waals surface area contributed by atoms with Crippen molar-refractivity contribution >= 4 is 40.0 Å². The molecule has 0 atom stereocenters. The average molecular weight is 495 g/mol. The molecule has 0 spiro atoms. The molecule has 11 heteroatoms. The lowest BCUT2D eigenvalue weighted by atomic mass is 10.2. The van der Waals surface area contributed by atoms with Gasteiger partial charge in [-0.15, -0.1) is 21.5 Å². The maximum absolute atomic E-state index is 12.5. The van der Waals surface area contributed by atoms with Gasteiger partial charge in [0.25, 0.3) is 5.91 Å². The van der Waals surface area contributed by atoms with Crippen LogP contribution in [0, 0.1) is 0 Å². The highest BCUT2D eigenvalue weighted by Crippen LogP contribution is 2.23. The molecule has 2 heterocycles. The van der Waals surface area contributed by atoms with Crippen LogP contribution in [0.3, 0.4) is 0 Å². The Morgan fingerprint density at radius 2 is 1.88 bits per heavy atom. The van der Waals surface area contributed by atoms with Crippen molar-refractivity contribution in [2.75, 3.05) is 24.7 Å². The lowest BCUT2D eigenvalue weighted by Crippen LogP contribution is -2.26. The van der Waals surface area contributed by atoms with Gasteiger partial charge in [0.2, 0.25) is 5.91 Å². The Bertz CT molecular complexity index is 1230. The van der Waals surface area contributed by atoms with Crippen LogP contribution in [-0.4, -0.2) is 51.0 Å². The van der Waals surface area contributed by atoms with Crippen molar-refractivity contribution in [3.05, 3.63) is 77.6 Å². The van der Waals surface area contributed by atoms with E-state index < -0.39 is 0 Å². The summed E-state index contributed by atoms with van der Waals surface area (Å²) in [6.07, 6.45) is 2.11. The molecule has 0 saturated carbocycles. The zero-order chi connectivity index (χ0) is 23.8. The number of ether oxygens (including phenoxy) is 1. The lowest BCUT2D eigenvalue weighted by molar-refractivity contribution is -0.113. The summed E-state index contributed by atoms with van der Waals surface area (Å²) in [4.78, 5) is 28.8. The van der Waals surface area contributed by atoms with Crippen molar-refractivity contribution in [2.45, 2.75) is 11.6 Å². The van der Waals surface area contributed by atoms with Gasteiger partial charge >= 0.3 is 0 Å². The average Bonchev–Trinajstić information content (AvgIpc) is 3.53. The number of hydrogen-bond acceptors (Lipinski definition) is 8. The van der Waals surface area contributed by atoms with Gasteiger partial charge in [-0.3, -0.25) is 14.2 Å². The number of aromatic nitrogens is 4. The highest BCUT2D eigenvalue weighted by molar-refractivity contribution is 7.99. The SMILES string of the molecule is COc1ccc(C(=O)NCCc2nnc(SCC(=O)Nc3nccs3)n2-c2ccccc2)cc1. The maximum Gasteiger partial charge on any atom is 0.251 e. The van der Waals surface area contributed by atoms with E-state index >= 15 is 0 Å². The van der Waals surface area contributed by atoms with Crippen molar-refractivity contribution in [3.8, 4) is 11.4 Å². The summed E-state index contributed by atoms with van der Waals surface area (Å²) in [6.45, 7) is 0.380. The Morgan fingerprint density at radius 1 is 1.09 bits per heavy atom. The molecule has 2 amide bonds. The van der Waals surface area contributed by atoms with Gasteiger partial charge < -0.3 is 15.4 Å². The minimum absolute atomic E-state index is 0.165. The topological polar surface area (TPSA) is 111 Å². The number of carbonyl (C=O) groups is 2. The third kappa shape index (κ3) is 6.00. The van der Waals surface area contributed by atoms with Gasteiger partial charge in [-0.25, -0.2) is 4.98 Å². The number of nitrogens with one attached hydrogen (secondary N) is 2. The van der Waals surface area contributed by atoms with Gasteiger partial charge in [0, 0.05) is 35.8 Å². The first-order valence-electron chi connectivity index (χ1n) is 10.4. The number of thiazole rings is 1. The summed E-state index contributed by atoms with van der Waals surface area (Å²) in [5, 5.41) is 17.2. The lowest BCUT2D eigenvalue weighted by Gasteiger charge is -2.11. The van der Waals surface area contributed by atoms with Crippen molar-refractivity contribution < 1.29 is 14.3 Å². The van der Waals surface area contributed by atoms with Crippen molar-refractivity contribution in [2.24, 2.45) is 0 Å². The van der Waals surface area contributed by atoms with Crippen LogP contribution in [0.1, 0.15) is 16.2 Å². The predicted octanol–water partition coefficient (Wildman–Crippen LogP) is 3.44. The van der Waals surface area contributed by atoms with Crippen LogP contribution in [0.4, 0.5) is 5.13 Å². The van der Waals surface area contributed by atoms with Crippen molar-refractivity contribution in [1.82, 2.24) is 25.1 Å². The molecule has 0 saturated heterocycles. The highest BCUT2D eigenvalue weighted by atomic mass is 32.2. The molecule has 2 aromatic carbocycles. The summed E-state index contributed by atoms with van der Waals surface area (Å²) in [7, 11) is 1.58. The fraction of sp³-hybridized carbons (Fsp3) is 0.174. The van der Waals surface area contributed by atoms with Gasteiger partial charge in [-0.05, 0) is 36.4 Å². The molecular formula is C23H22N6O3S2. The molecular weight excluding hydrogens is 472 g/mol. The number of nitrogens with zero attached hydrogens (tertiary/aromatic N) is 4. The van der Waals surface area contributed by atoms with Crippen LogP contribution in [-0.2, 0) is 11.2 Å². The number of amides is 2. The molecule has 4 rings (SSSR count). The molecule has 34 heavy (non-hydrogen) atoms. The number of hydrogen-bond donors (Lipinski definition) is 2. The van der Waals surface area contributed by atoms with E-state index in [1.807, 2.05) is 34.9 Å². The Balaban J connectivity index is 1.41. The van der Waals surface area contributed by atoms with Gasteiger partial charge in [0.05, 0.1) is 12.9 Å². The van der Waals surface area contributed by atoms with Crippen LogP contribution >= 0.6 is 23.1 Å². The molecule has 4 aromatic rings. The third-order valence-electron chi connectivity index (χ3n) is 4.71. The van der Waals surface area contributed by atoms with Crippen LogP contribution in [0.5, 0.6) is 5.75 Å². The first-order chi connectivity index (χ1) is 16.6. The number of thioether (sulfide) groups is 1. The Morgan fingerprint density at radius 3 is 2.59 bits per heavy atom. The van der Waals surface area contributed by atoms with Crippen LogP contribution in [0.2, 0.25) is 0 Å². The molecule has 0 fully saturated rings. The normalized spacial score (nSPS) is 10.6. The van der Waals surface area contributed by atoms with Crippen LogP contribution in [0.15, 0.2) is 71.3 Å². The second-order valence-electron chi connectivity index (χ2n) is 6.98. The molecule has 0 aliphatic carbocycles. The minimum atomic E-state index is -0.179. The summed E-state index contributed by atoms with van der Waals surface area (Å²) in [6, 6.07) is 16.6. The second-order valence-corrected chi connectivity index (χ2v) is 8.82. The smallest absolute Gasteiger partial charge is 0.251 e. The van der Waals surface area contributed by atoms with E-state index in [1.54, 1.807) is 43.0 Å². The fourth-order valence-electron chi connectivity index (χ4n) is 3.09. The number of benzene rings is 2. The highest BCUT2D eigenvalue weighted by Gasteiger charge is 2.16. The standard InChI is InChI=1S/C23H22N6O3S2/c1-32-18-9-7-16(8-10-18)21(31)24-12-11-19-27-28-23(29(19)17-5-3-2-4-6-17)34-15-20(30)26-22-25-13-14-33-22/h2-10,13-14H,11-12,15H2,1H3,(H,24,31)(H,25,26,30). The minimum Gasteiger partial charge on any atom is -0.497 e. The number of para-hydroxylation sites is 1. The molecule has 2 N–H and O–H groups in total. The van der Waals surface area contributed by atoms with E-state index in [-0.39, 0.29) is 17.6 Å². The summed E-state index contributed by atoms with van der Waals surface area (Å²) in [5.74, 6) is 1.19. The van der Waals surface area contributed by atoms with Gasteiger partial charge in [0.15, 0.2) is 10.3 Å². The van der Waals surface area contributed by atoms with Crippen LogP contribution < -0.4 is 15.4 Å². The molecule has 0 bridgehead atoms. The Labute approximate surface area is 204 Å². The number of anilines is 1. The first kappa shape index (κ1) is 23.5. The Kier molecular flexibility index (Phi) is 7.89. The maximum atomic E-state index is 12.5. The fourth-order valence-corrected chi connectivity index (χ4v) is 4.41. The second kappa shape index (κ2) is 11.4. The largest absolute Gasteiger partial charge is 0.497 e. The first-order valence-corrected chi connectivity index (χ1v) is 12.2. The summed E-state index contributed by atoms with van der Waals surface area (Å²) in [5.41, 5.74) is 1.43. The zero-order valence-corrected chi connectivity index (χ0v) is 19.9. The number of methoxy groups -OCH3 is 1. The molecule has 0 unspecified atom stereocenters. The van der Waals surface area contributed by atoms with E-state index in [0.29, 0.717) is 40.4 Å². The van der Waals surface area contributed by atoms with Gasteiger partial charge in [-0.1, -0.05) is 30.0 Å². The van der Waals surface area contributed by atoms with Gasteiger partial charge in [-0.2, -0.15) is 0 Å². The third-order valence-corrected chi connectivity index (χ3v) is 6.33. The van der Waals surface area contributed by atoms with E-state index in [0.717, 1.165) is 5.69 Å². The molecule has 9 nitrogen and oxygen atoms in total. The van der Waals surface area contributed by atoms with E-state index in [4.69, 9.17) is 4.74 Å². The Hall–Kier alpha value is -3.70.